The lowest BCUT2D eigenvalue weighted by atomic mass is 10.3. The molecular weight excluding hydrogens is 477 g/mol. The molecule has 0 aliphatic carbocycles. The van der Waals surface area contributed by atoms with Gasteiger partial charge in [0.15, 0.2) is 10.8 Å². The lowest BCUT2D eigenvalue weighted by Crippen LogP contribution is -2.08. The largest absolute Gasteiger partial charge is 0.479 e. The van der Waals surface area contributed by atoms with Crippen LogP contribution < -0.4 is 9.47 Å². The second-order valence-electron chi connectivity index (χ2n) is 6.81. The van der Waals surface area contributed by atoms with Crippen molar-refractivity contribution >= 4 is 39.9 Å². The van der Waals surface area contributed by atoms with E-state index in [0.717, 1.165) is 0 Å². The summed E-state index contributed by atoms with van der Waals surface area (Å²) < 4.78 is 13.8. The van der Waals surface area contributed by atoms with E-state index in [9.17, 15) is 10.1 Å². The van der Waals surface area contributed by atoms with Gasteiger partial charge in [0.1, 0.15) is 17.2 Å². The molecule has 33 heavy (non-hydrogen) atoms. The molecule has 0 saturated carbocycles. The Morgan fingerprint density at radius 2 is 1.91 bits per heavy atom. The predicted octanol–water partition coefficient (Wildman–Crippen LogP) is 3.11. The Labute approximate surface area is 196 Å². The highest BCUT2D eigenvalue weighted by atomic mass is 35.5. The summed E-state index contributed by atoms with van der Waals surface area (Å²) >= 11 is 12.0. The molecule has 0 aromatic carbocycles. The van der Waals surface area contributed by atoms with Crippen molar-refractivity contribution < 1.29 is 14.4 Å². The molecule has 4 aromatic rings. The molecule has 172 valence electrons. The van der Waals surface area contributed by atoms with Gasteiger partial charge in [0, 0.05) is 19.2 Å². The molecule has 0 saturated heterocycles. The van der Waals surface area contributed by atoms with E-state index in [4.69, 9.17) is 32.7 Å². The van der Waals surface area contributed by atoms with Crippen LogP contribution in [0.2, 0.25) is 10.4 Å². The van der Waals surface area contributed by atoms with Gasteiger partial charge in [-0.15, -0.1) is 5.10 Å². The topological polar surface area (TPSA) is 149 Å². The maximum Gasteiger partial charge on any atom is 0.353 e. The third kappa shape index (κ3) is 4.36. The summed E-state index contributed by atoms with van der Waals surface area (Å²) in [6.07, 6.45) is 3.41. The average Bonchev–Trinajstić information content (AvgIpc) is 3.27. The zero-order valence-corrected chi connectivity index (χ0v) is 19.2. The Bertz CT molecular complexity index is 1350. The Balaban J connectivity index is 1.54. The molecule has 0 unspecified atom stereocenters. The van der Waals surface area contributed by atoms with Gasteiger partial charge in [-0.2, -0.15) is 15.1 Å². The minimum atomic E-state index is -0.546. The van der Waals surface area contributed by atoms with E-state index in [1.54, 1.807) is 18.5 Å². The fourth-order valence-corrected chi connectivity index (χ4v) is 3.54. The molecule has 4 rings (SSSR count). The molecule has 4 heterocycles. The molecule has 15 heteroatoms. The number of rotatable bonds is 8. The van der Waals surface area contributed by atoms with Crippen molar-refractivity contribution in [3.8, 4) is 17.4 Å². The van der Waals surface area contributed by atoms with Crippen LogP contribution in [0.5, 0.6) is 11.8 Å². The molecule has 4 aromatic heterocycles. The maximum absolute atomic E-state index is 11.7. The predicted molar refractivity (Wildman–Crippen MR) is 117 cm³/mol. The summed E-state index contributed by atoms with van der Waals surface area (Å²) in [5.74, 6) is 0.593. The summed E-state index contributed by atoms with van der Waals surface area (Å²) in [7, 11) is 1.44. The summed E-state index contributed by atoms with van der Waals surface area (Å²) in [5, 5.41) is 21.1. The fraction of sp³-hybridized carbons (Fsp3) is 0.333. The van der Waals surface area contributed by atoms with Gasteiger partial charge in [-0.1, -0.05) is 11.6 Å². The number of fused-ring (bicyclic) bond motifs is 1. The Kier molecular flexibility index (Phi) is 6.24. The number of nitrogens with zero attached hydrogens (tertiary/aromatic N) is 9. The van der Waals surface area contributed by atoms with Crippen LogP contribution in [-0.2, 0) is 6.54 Å². The van der Waals surface area contributed by atoms with Crippen LogP contribution in [-0.4, -0.2) is 58.1 Å². The average molecular weight is 494 g/mol. The summed E-state index contributed by atoms with van der Waals surface area (Å²) in [6.45, 7) is 3.76. The molecule has 13 nitrogen and oxygen atoms in total. The first-order valence-corrected chi connectivity index (χ1v) is 10.3. The van der Waals surface area contributed by atoms with Crippen molar-refractivity contribution in [1.29, 1.82) is 0 Å². The van der Waals surface area contributed by atoms with Gasteiger partial charge >= 0.3 is 11.6 Å². The number of nitro groups is 1. The van der Waals surface area contributed by atoms with Crippen LogP contribution in [0.3, 0.4) is 0 Å². The number of hydrogen-bond donors (Lipinski definition) is 0. The van der Waals surface area contributed by atoms with E-state index in [1.807, 2.05) is 0 Å². The molecule has 0 amide bonds. The first-order chi connectivity index (χ1) is 15.8. The van der Waals surface area contributed by atoms with E-state index in [2.05, 4.69) is 30.1 Å². The van der Waals surface area contributed by atoms with Crippen molar-refractivity contribution in [2.45, 2.75) is 26.8 Å². The van der Waals surface area contributed by atoms with Crippen LogP contribution in [0, 0.1) is 24.0 Å². The van der Waals surface area contributed by atoms with Gasteiger partial charge in [-0.25, -0.2) is 19.3 Å². The third-order valence-corrected chi connectivity index (χ3v) is 5.14. The minimum absolute atomic E-state index is 0.0729. The van der Waals surface area contributed by atoms with Crippen molar-refractivity contribution in [3.63, 3.8) is 0 Å². The van der Waals surface area contributed by atoms with Gasteiger partial charge in [-0.3, -0.25) is 10.1 Å². The van der Waals surface area contributed by atoms with Crippen molar-refractivity contribution in [1.82, 2.24) is 39.5 Å². The molecular formula is C18H17Cl2N9O4. The molecule has 0 aliphatic heterocycles. The SMILES string of the molecule is COc1nc(C)ncc1-n1nc(OCCCn2nc(Cl)c3cnc(Cl)nc32)c([N+](=O)[O-])c1C. The van der Waals surface area contributed by atoms with E-state index < -0.39 is 4.92 Å². The Morgan fingerprint density at radius 3 is 2.64 bits per heavy atom. The van der Waals surface area contributed by atoms with Crippen LogP contribution in [0.4, 0.5) is 5.69 Å². The maximum atomic E-state index is 11.7. The van der Waals surface area contributed by atoms with Crippen LogP contribution in [0.15, 0.2) is 12.4 Å². The number of aromatic nitrogens is 8. The van der Waals surface area contributed by atoms with Gasteiger partial charge < -0.3 is 9.47 Å². The van der Waals surface area contributed by atoms with Crippen LogP contribution in [0.1, 0.15) is 17.9 Å². The van der Waals surface area contributed by atoms with E-state index in [0.29, 0.717) is 35.5 Å². The molecule has 0 atom stereocenters. The number of aryl methyl sites for hydroxylation is 2. The van der Waals surface area contributed by atoms with Gasteiger partial charge in [0.25, 0.3) is 0 Å². The first kappa shape index (κ1) is 22.6. The van der Waals surface area contributed by atoms with Gasteiger partial charge in [0.2, 0.25) is 11.2 Å². The minimum Gasteiger partial charge on any atom is -0.479 e. The number of hydrogen-bond acceptors (Lipinski definition) is 10. The zero-order chi connectivity index (χ0) is 23.7. The zero-order valence-electron chi connectivity index (χ0n) is 17.7. The second-order valence-corrected chi connectivity index (χ2v) is 7.51. The summed E-state index contributed by atoms with van der Waals surface area (Å²) in [4.78, 5) is 27.5. The second kappa shape index (κ2) is 9.11. The van der Waals surface area contributed by atoms with Gasteiger partial charge in [0.05, 0.1) is 30.2 Å². The van der Waals surface area contributed by atoms with E-state index >= 15 is 0 Å². The highest BCUT2D eigenvalue weighted by molar-refractivity contribution is 6.34. The Hall–Kier alpha value is -3.58. The third-order valence-electron chi connectivity index (χ3n) is 4.68. The standard InChI is InChI=1S/C18H17Cl2N9O4/c1-9-13(29(30)31)17(26-28(9)12-8-21-10(2)23-16(12)32-3)33-6-4-5-27-15-11(14(19)25-27)7-22-18(20)24-15/h7-8H,4-6H2,1-3H3. The summed E-state index contributed by atoms with van der Waals surface area (Å²) in [5.41, 5.74) is 0.826. The number of ether oxygens (including phenoxy) is 2. The molecule has 0 spiro atoms. The smallest absolute Gasteiger partial charge is 0.353 e. The van der Waals surface area contributed by atoms with Crippen molar-refractivity contribution in [2.75, 3.05) is 13.7 Å². The van der Waals surface area contributed by atoms with E-state index in [1.165, 1.54) is 24.2 Å². The number of methoxy groups -OCH3 is 1. The normalized spacial score (nSPS) is 11.2. The number of halogens is 2. The lowest BCUT2D eigenvalue weighted by molar-refractivity contribution is -0.386. The molecule has 0 aliphatic rings. The molecule has 0 N–H and O–H groups in total. The lowest BCUT2D eigenvalue weighted by Gasteiger charge is -2.08. The van der Waals surface area contributed by atoms with Crippen LogP contribution in [0.25, 0.3) is 16.7 Å². The highest BCUT2D eigenvalue weighted by Crippen LogP contribution is 2.33. The highest BCUT2D eigenvalue weighted by Gasteiger charge is 2.29. The Morgan fingerprint density at radius 1 is 1.12 bits per heavy atom. The quantitative estimate of drug-likeness (QED) is 0.155. The van der Waals surface area contributed by atoms with Crippen molar-refractivity contribution in [2.24, 2.45) is 0 Å². The van der Waals surface area contributed by atoms with Crippen molar-refractivity contribution in [3.05, 3.63) is 44.5 Å². The van der Waals surface area contributed by atoms with E-state index in [-0.39, 0.29) is 40.2 Å². The molecule has 0 radical (unpaired) electrons. The summed E-state index contributed by atoms with van der Waals surface area (Å²) in [6, 6.07) is 0. The van der Waals surface area contributed by atoms with Crippen LogP contribution >= 0.6 is 23.2 Å². The molecule has 0 bridgehead atoms. The molecule has 0 fully saturated rings. The van der Waals surface area contributed by atoms with Gasteiger partial charge in [-0.05, 0) is 25.4 Å². The first-order valence-electron chi connectivity index (χ1n) is 9.59. The monoisotopic (exact) mass is 493 g/mol. The fourth-order valence-electron chi connectivity index (χ4n) is 3.19.